The Kier molecular flexibility index (Phi) is 5.43. The number of nitrogens with zero attached hydrogens (tertiary/aromatic N) is 2. The highest BCUT2D eigenvalue weighted by Gasteiger charge is 2.10. The fourth-order valence-electron chi connectivity index (χ4n) is 2.50. The average Bonchev–Trinajstić information content (AvgIpc) is 3.03. The average molecular weight is 373 g/mol. The van der Waals surface area contributed by atoms with Crippen LogP contribution in [0.3, 0.4) is 0 Å². The molecule has 128 valence electrons. The molecule has 0 saturated heterocycles. The van der Waals surface area contributed by atoms with Gasteiger partial charge in [-0.2, -0.15) is 5.10 Å². The van der Waals surface area contributed by atoms with E-state index in [1.54, 1.807) is 16.9 Å². The number of hydrogen-bond donors (Lipinski definition) is 2. The van der Waals surface area contributed by atoms with E-state index in [0.717, 1.165) is 33.5 Å². The monoisotopic (exact) mass is 372 g/mol. The minimum atomic E-state index is -0.135. The van der Waals surface area contributed by atoms with E-state index in [1.165, 1.54) is 0 Å². The molecule has 1 amide bonds. The number of halogens is 1. The Hall–Kier alpha value is -2.28. The lowest BCUT2D eigenvalue weighted by Crippen LogP contribution is -2.14. The van der Waals surface area contributed by atoms with Gasteiger partial charge in [0.05, 0.1) is 12.6 Å². The molecule has 7 heteroatoms. The molecule has 5 nitrogen and oxygen atoms in total. The summed E-state index contributed by atoms with van der Waals surface area (Å²) in [6.07, 6.45) is 3.90. The van der Waals surface area contributed by atoms with Crippen LogP contribution >= 0.6 is 23.5 Å². The van der Waals surface area contributed by atoms with Crippen molar-refractivity contribution in [2.45, 2.75) is 11.3 Å². The maximum absolute atomic E-state index is 12.4. The number of carbonyl (C=O) groups is 1. The van der Waals surface area contributed by atoms with Crippen LogP contribution < -0.4 is 10.5 Å². The van der Waals surface area contributed by atoms with E-state index < -0.39 is 0 Å². The van der Waals surface area contributed by atoms with E-state index in [0.29, 0.717) is 10.7 Å². The van der Waals surface area contributed by atoms with Crippen LogP contribution in [0.4, 0.5) is 5.69 Å². The lowest BCUT2D eigenvalue weighted by atomic mass is 10.1. The highest BCUT2D eigenvalue weighted by Crippen LogP contribution is 2.28. The van der Waals surface area contributed by atoms with E-state index in [4.69, 9.17) is 16.7 Å². The van der Waals surface area contributed by atoms with Gasteiger partial charge in [-0.05, 0) is 47.3 Å². The number of aryl methyl sites for hydroxylation is 1. The Morgan fingerprint density at radius 1 is 1.28 bits per heavy atom. The second kappa shape index (κ2) is 7.74. The topological polar surface area (TPSA) is 72.9 Å². The van der Waals surface area contributed by atoms with Crippen molar-refractivity contribution in [1.29, 1.82) is 0 Å². The van der Waals surface area contributed by atoms with Gasteiger partial charge in [0.15, 0.2) is 0 Å². The maximum Gasteiger partial charge on any atom is 0.228 e. The van der Waals surface area contributed by atoms with E-state index in [9.17, 15) is 4.79 Å². The van der Waals surface area contributed by atoms with Gasteiger partial charge in [0.25, 0.3) is 0 Å². The lowest BCUT2D eigenvalue weighted by Gasteiger charge is -2.10. The molecule has 0 aliphatic heterocycles. The normalized spacial score (nSPS) is 10.7. The van der Waals surface area contributed by atoms with Crippen LogP contribution in [0.15, 0.2) is 59.8 Å². The summed E-state index contributed by atoms with van der Waals surface area (Å²) < 4.78 is 1.73. The van der Waals surface area contributed by atoms with Gasteiger partial charge in [0.2, 0.25) is 5.91 Å². The molecule has 3 N–H and O–H groups in total. The molecule has 2 aromatic carbocycles. The molecule has 3 aromatic rings. The van der Waals surface area contributed by atoms with E-state index in [1.807, 2.05) is 49.6 Å². The zero-order valence-corrected chi connectivity index (χ0v) is 15.1. The summed E-state index contributed by atoms with van der Waals surface area (Å²) in [5.41, 5.74) is 3.38. The summed E-state index contributed by atoms with van der Waals surface area (Å²) in [7, 11) is 1.86. The van der Waals surface area contributed by atoms with Crippen LogP contribution in [0.2, 0.25) is 5.02 Å². The molecule has 0 atom stereocenters. The second-order valence-electron chi connectivity index (χ2n) is 5.58. The molecule has 0 aliphatic carbocycles. The van der Waals surface area contributed by atoms with Crippen molar-refractivity contribution in [3.63, 3.8) is 0 Å². The van der Waals surface area contributed by atoms with Gasteiger partial charge in [-0.1, -0.05) is 29.8 Å². The van der Waals surface area contributed by atoms with Crippen molar-refractivity contribution in [1.82, 2.24) is 9.78 Å². The van der Waals surface area contributed by atoms with Crippen molar-refractivity contribution in [2.75, 3.05) is 5.32 Å². The number of nitrogens with one attached hydrogen (secondary N) is 1. The lowest BCUT2D eigenvalue weighted by molar-refractivity contribution is -0.115. The summed E-state index contributed by atoms with van der Waals surface area (Å²) in [5, 5.41) is 13.4. The fraction of sp³-hybridized carbons (Fsp3) is 0.111. The number of rotatable bonds is 5. The van der Waals surface area contributed by atoms with Gasteiger partial charge in [-0.15, -0.1) is 0 Å². The number of carbonyl (C=O) groups excluding carboxylic acids is 1. The third kappa shape index (κ3) is 4.42. The number of anilines is 1. The predicted octanol–water partition coefficient (Wildman–Crippen LogP) is 3.89. The van der Waals surface area contributed by atoms with Crippen molar-refractivity contribution in [2.24, 2.45) is 12.2 Å². The van der Waals surface area contributed by atoms with Crippen molar-refractivity contribution >= 4 is 35.1 Å². The summed E-state index contributed by atoms with van der Waals surface area (Å²) in [6, 6.07) is 13.0. The second-order valence-corrected chi connectivity index (χ2v) is 6.70. The third-order valence-electron chi connectivity index (χ3n) is 3.67. The molecule has 1 aromatic heterocycles. The molecule has 0 fully saturated rings. The predicted molar refractivity (Wildman–Crippen MR) is 102 cm³/mol. The van der Waals surface area contributed by atoms with Crippen molar-refractivity contribution < 1.29 is 4.79 Å². The zero-order chi connectivity index (χ0) is 17.8. The highest BCUT2D eigenvalue weighted by atomic mass is 35.5. The Labute approximate surface area is 155 Å². The van der Waals surface area contributed by atoms with Crippen LogP contribution in [0.1, 0.15) is 5.56 Å². The van der Waals surface area contributed by atoms with Crippen LogP contribution in [-0.2, 0) is 18.3 Å². The molecule has 25 heavy (non-hydrogen) atoms. The van der Waals surface area contributed by atoms with Gasteiger partial charge in [0, 0.05) is 34.4 Å². The van der Waals surface area contributed by atoms with E-state index in [2.05, 4.69) is 10.4 Å². The molecular weight excluding hydrogens is 356 g/mol. The Bertz CT molecular complexity index is 910. The number of benzene rings is 2. The molecule has 0 unspecified atom stereocenters. The largest absolute Gasteiger partial charge is 0.326 e. The molecule has 3 rings (SSSR count). The standard InChI is InChI=1S/C18H17ClN4OS/c1-23-11-14(10-21-23)13-6-15(9-16(7-13)25-20)22-18(24)8-12-4-2-3-5-17(12)19/h2-7,9-11H,8,20H2,1H3,(H,22,24). The molecule has 0 saturated carbocycles. The fourth-order valence-corrected chi connectivity index (χ4v) is 3.09. The van der Waals surface area contributed by atoms with Crippen LogP contribution in [0.5, 0.6) is 0 Å². The Morgan fingerprint density at radius 3 is 2.76 bits per heavy atom. The van der Waals surface area contributed by atoms with E-state index in [-0.39, 0.29) is 12.3 Å². The minimum Gasteiger partial charge on any atom is -0.326 e. The van der Waals surface area contributed by atoms with Crippen LogP contribution in [0.25, 0.3) is 11.1 Å². The summed E-state index contributed by atoms with van der Waals surface area (Å²) in [4.78, 5) is 13.2. The maximum atomic E-state index is 12.4. The van der Waals surface area contributed by atoms with Gasteiger partial charge < -0.3 is 5.32 Å². The SMILES string of the molecule is Cn1cc(-c2cc(NC(=O)Cc3ccccc3Cl)cc(SN)c2)cn1. The van der Waals surface area contributed by atoms with Crippen LogP contribution in [0, 0.1) is 0 Å². The van der Waals surface area contributed by atoms with Gasteiger partial charge >= 0.3 is 0 Å². The van der Waals surface area contributed by atoms with Crippen molar-refractivity contribution in [3.8, 4) is 11.1 Å². The smallest absolute Gasteiger partial charge is 0.228 e. The quantitative estimate of drug-likeness (QED) is 0.666. The first kappa shape index (κ1) is 17.5. The third-order valence-corrected chi connectivity index (χ3v) is 4.55. The summed E-state index contributed by atoms with van der Waals surface area (Å²) >= 11 is 7.25. The summed E-state index contributed by atoms with van der Waals surface area (Å²) in [6.45, 7) is 0. The Balaban J connectivity index is 1.82. The summed E-state index contributed by atoms with van der Waals surface area (Å²) in [5.74, 6) is -0.135. The number of nitrogens with two attached hydrogens (primary N) is 1. The van der Waals surface area contributed by atoms with E-state index >= 15 is 0 Å². The first-order chi connectivity index (χ1) is 12.0. The molecule has 0 bridgehead atoms. The first-order valence-corrected chi connectivity index (χ1v) is 8.85. The van der Waals surface area contributed by atoms with Gasteiger partial charge in [0.1, 0.15) is 0 Å². The zero-order valence-electron chi connectivity index (χ0n) is 13.6. The molecule has 1 heterocycles. The number of aromatic nitrogens is 2. The Morgan fingerprint density at radius 2 is 2.08 bits per heavy atom. The first-order valence-electron chi connectivity index (χ1n) is 7.59. The minimum absolute atomic E-state index is 0.135. The highest BCUT2D eigenvalue weighted by molar-refractivity contribution is 7.97. The van der Waals surface area contributed by atoms with Crippen molar-refractivity contribution in [3.05, 3.63) is 65.4 Å². The number of amides is 1. The molecular formula is C18H17ClN4OS. The molecule has 0 aliphatic rings. The van der Waals surface area contributed by atoms with Gasteiger partial charge in [-0.25, -0.2) is 0 Å². The number of hydrogen-bond acceptors (Lipinski definition) is 4. The van der Waals surface area contributed by atoms with Gasteiger partial charge in [-0.3, -0.25) is 14.6 Å². The molecule has 0 spiro atoms. The molecule has 0 radical (unpaired) electrons. The van der Waals surface area contributed by atoms with Crippen LogP contribution in [-0.4, -0.2) is 15.7 Å².